The predicted octanol–water partition coefficient (Wildman–Crippen LogP) is 5.49. The van der Waals surface area contributed by atoms with E-state index in [2.05, 4.69) is 33.4 Å². The highest BCUT2D eigenvalue weighted by atomic mass is 79.9. The standard InChI is InChI=1S/C29H26BrN3O4/c30-22-3-6-25(37-8-7-31)20(12-22)13-24-26(34)32-28(36)33(27(24)35)23-4-1-21(2-5-23)29-14-17-9-18(15-29)11-19(10-17)16-29/h1-6,12-13,17-19H,8-11,14-16H2,(H,32,34,36)/b24-13+. The maximum atomic E-state index is 13.4. The third-order valence-electron chi connectivity index (χ3n) is 8.44. The highest BCUT2D eigenvalue weighted by Crippen LogP contribution is 2.60. The number of anilines is 1. The van der Waals surface area contributed by atoms with Crippen molar-refractivity contribution in [2.45, 2.75) is 43.9 Å². The van der Waals surface area contributed by atoms with Crippen LogP contribution in [0.3, 0.4) is 0 Å². The molecule has 5 aliphatic rings. The van der Waals surface area contributed by atoms with Gasteiger partial charge in [-0.3, -0.25) is 14.9 Å². The molecule has 4 bridgehead atoms. The van der Waals surface area contributed by atoms with Gasteiger partial charge >= 0.3 is 6.03 Å². The first-order valence-electron chi connectivity index (χ1n) is 12.7. The van der Waals surface area contributed by atoms with Gasteiger partial charge in [-0.15, -0.1) is 0 Å². The minimum absolute atomic E-state index is 0.182. The van der Waals surface area contributed by atoms with Crippen LogP contribution in [0, 0.1) is 29.1 Å². The van der Waals surface area contributed by atoms with E-state index in [1.54, 1.807) is 18.2 Å². The van der Waals surface area contributed by atoms with Crippen LogP contribution in [-0.4, -0.2) is 24.5 Å². The average molecular weight is 560 g/mol. The number of nitrogens with zero attached hydrogens (tertiary/aromatic N) is 2. The summed E-state index contributed by atoms with van der Waals surface area (Å²) in [4.78, 5) is 39.9. The Hall–Kier alpha value is -3.44. The van der Waals surface area contributed by atoms with Gasteiger partial charge in [0, 0.05) is 10.0 Å². The monoisotopic (exact) mass is 559 g/mol. The number of benzene rings is 2. The van der Waals surface area contributed by atoms with Gasteiger partial charge in [-0.25, -0.2) is 9.69 Å². The molecule has 0 spiro atoms. The molecule has 1 heterocycles. The predicted molar refractivity (Wildman–Crippen MR) is 141 cm³/mol. The fourth-order valence-corrected chi connectivity index (χ4v) is 7.73. The number of carbonyl (C=O) groups excluding carboxylic acids is 3. The quantitative estimate of drug-likeness (QED) is 0.386. The molecule has 188 valence electrons. The number of ether oxygens (including phenoxy) is 1. The minimum atomic E-state index is -0.775. The molecule has 37 heavy (non-hydrogen) atoms. The molecule has 0 unspecified atom stereocenters. The lowest BCUT2D eigenvalue weighted by Crippen LogP contribution is -2.54. The maximum Gasteiger partial charge on any atom is 0.335 e. The minimum Gasteiger partial charge on any atom is -0.478 e. The second-order valence-electron chi connectivity index (χ2n) is 10.8. The van der Waals surface area contributed by atoms with E-state index in [9.17, 15) is 14.4 Å². The van der Waals surface area contributed by atoms with Crippen molar-refractivity contribution in [2.24, 2.45) is 17.8 Å². The number of halogens is 1. The maximum absolute atomic E-state index is 13.4. The Kier molecular flexibility index (Phi) is 5.91. The number of hydrogen-bond donors (Lipinski definition) is 1. The van der Waals surface area contributed by atoms with Crippen molar-refractivity contribution in [2.75, 3.05) is 11.5 Å². The zero-order valence-electron chi connectivity index (χ0n) is 20.2. The van der Waals surface area contributed by atoms with Crippen LogP contribution in [-0.2, 0) is 15.0 Å². The third kappa shape index (κ3) is 4.25. The molecule has 1 saturated heterocycles. The van der Waals surface area contributed by atoms with E-state index in [1.807, 2.05) is 18.2 Å². The van der Waals surface area contributed by atoms with E-state index >= 15 is 0 Å². The number of barbiturate groups is 1. The third-order valence-corrected chi connectivity index (χ3v) is 8.93. The van der Waals surface area contributed by atoms with E-state index < -0.39 is 17.8 Å². The van der Waals surface area contributed by atoms with Crippen molar-refractivity contribution >= 4 is 45.5 Å². The Morgan fingerprint density at radius 3 is 2.30 bits per heavy atom. The number of carbonyl (C=O) groups is 3. The Morgan fingerprint density at radius 1 is 1.03 bits per heavy atom. The molecule has 4 amide bonds. The fraction of sp³-hybridized carbons (Fsp3) is 0.379. The zero-order chi connectivity index (χ0) is 25.7. The van der Waals surface area contributed by atoms with Crippen molar-refractivity contribution in [1.29, 1.82) is 5.26 Å². The summed E-state index contributed by atoms with van der Waals surface area (Å²) in [6.07, 6.45) is 9.17. The lowest BCUT2D eigenvalue weighted by Gasteiger charge is -2.57. The van der Waals surface area contributed by atoms with Crippen LogP contribution in [0.1, 0.15) is 49.7 Å². The van der Waals surface area contributed by atoms with Crippen LogP contribution in [0.15, 0.2) is 52.5 Å². The van der Waals surface area contributed by atoms with Crippen LogP contribution < -0.4 is 15.0 Å². The summed E-state index contributed by atoms with van der Waals surface area (Å²) in [6.45, 7) is -0.182. The van der Waals surface area contributed by atoms with E-state index in [-0.39, 0.29) is 17.6 Å². The zero-order valence-corrected chi connectivity index (χ0v) is 21.8. The molecule has 0 atom stereocenters. The molecule has 5 fully saturated rings. The molecule has 7 rings (SSSR count). The van der Waals surface area contributed by atoms with E-state index in [4.69, 9.17) is 10.00 Å². The molecule has 2 aromatic rings. The number of nitrogens with one attached hydrogen (secondary N) is 1. The van der Waals surface area contributed by atoms with Crippen LogP contribution in [0.4, 0.5) is 10.5 Å². The van der Waals surface area contributed by atoms with Crippen LogP contribution in [0.5, 0.6) is 5.75 Å². The van der Waals surface area contributed by atoms with Crippen molar-refractivity contribution in [3.05, 3.63) is 63.6 Å². The lowest BCUT2D eigenvalue weighted by molar-refractivity contribution is -0.122. The molecule has 8 heteroatoms. The fourth-order valence-electron chi connectivity index (χ4n) is 7.35. The molecule has 4 saturated carbocycles. The van der Waals surface area contributed by atoms with Crippen LogP contribution >= 0.6 is 15.9 Å². The van der Waals surface area contributed by atoms with Gasteiger partial charge in [-0.05, 0) is 104 Å². The highest BCUT2D eigenvalue weighted by Gasteiger charge is 2.51. The topological polar surface area (TPSA) is 99.5 Å². The summed E-state index contributed by atoms with van der Waals surface area (Å²) < 4.78 is 6.16. The normalized spacial score (nSPS) is 29.4. The van der Waals surface area contributed by atoms with Gasteiger partial charge in [0.25, 0.3) is 11.8 Å². The Labute approximate surface area is 223 Å². The van der Waals surface area contributed by atoms with Gasteiger partial charge in [0.1, 0.15) is 17.4 Å². The molecular formula is C29H26BrN3O4. The van der Waals surface area contributed by atoms with E-state index in [0.717, 1.165) is 22.7 Å². The van der Waals surface area contributed by atoms with Gasteiger partial charge in [-0.1, -0.05) is 28.1 Å². The van der Waals surface area contributed by atoms with Crippen molar-refractivity contribution in [3.63, 3.8) is 0 Å². The summed E-state index contributed by atoms with van der Waals surface area (Å²) in [5.74, 6) is 1.32. The average Bonchev–Trinajstić information content (AvgIpc) is 2.85. The van der Waals surface area contributed by atoms with Gasteiger partial charge in [-0.2, -0.15) is 5.26 Å². The molecule has 7 nitrogen and oxygen atoms in total. The first-order chi connectivity index (χ1) is 17.8. The van der Waals surface area contributed by atoms with Gasteiger partial charge < -0.3 is 4.74 Å². The second-order valence-corrected chi connectivity index (χ2v) is 11.7. The highest BCUT2D eigenvalue weighted by molar-refractivity contribution is 9.10. The molecular weight excluding hydrogens is 534 g/mol. The summed E-state index contributed by atoms with van der Waals surface area (Å²) in [5.41, 5.74) is 2.17. The molecule has 1 aliphatic heterocycles. The smallest absolute Gasteiger partial charge is 0.335 e. The Morgan fingerprint density at radius 2 is 1.68 bits per heavy atom. The first kappa shape index (κ1) is 23.9. The summed E-state index contributed by atoms with van der Waals surface area (Å²) in [7, 11) is 0. The summed E-state index contributed by atoms with van der Waals surface area (Å²) in [5, 5.41) is 11.2. The van der Waals surface area contributed by atoms with Crippen molar-refractivity contribution in [1.82, 2.24) is 5.32 Å². The van der Waals surface area contributed by atoms with E-state index in [0.29, 0.717) is 21.5 Å². The molecule has 1 N–H and O–H groups in total. The molecule has 4 aliphatic carbocycles. The number of urea groups is 1. The summed E-state index contributed by atoms with van der Waals surface area (Å²) in [6, 6.07) is 14.0. The lowest BCUT2D eigenvalue weighted by atomic mass is 9.48. The van der Waals surface area contributed by atoms with Crippen LogP contribution in [0.2, 0.25) is 0 Å². The number of hydrogen-bond acceptors (Lipinski definition) is 5. The second kappa shape index (κ2) is 9.14. The Balaban J connectivity index is 1.30. The molecule has 0 radical (unpaired) electrons. The largest absolute Gasteiger partial charge is 0.478 e. The SMILES string of the molecule is N#CCOc1ccc(Br)cc1/C=C1\C(=O)NC(=O)N(c2ccc(C34CC5CC(CC(C5)C3)C4)cc2)C1=O. The van der Waals surface area contributed by atoms with Crippen molar-refractivity contribution < 1.29 is 19.1 Å². The molecule has 2 aromatic carbocycles. The first-order valence-corrected chi connectivity index (χ1v) is 13.5. The number of amides is 4. The van der Waals surface area contributed by atoms with Gasteiger partial charge in [0.05, 0.1) is 5.69 Å². The van der Waals surface area contributed by atoms with Gasteiger partial charge in [0.15, 0.2) is 6.61 Å². The van der Waals surface area contributed by atoms with Crippen LogP contribution in [0.25, 0.3) is 6.08 Å². The van der Waals surface area contributed by atoms with Gasteiger partial charge in [0.2, 0.25) is 0 Å². The number of rotatable bonds is 5. The molecule has 0 aromatic heterocycles. The van der Waals surface area contributed by atoms with Crippen molar-refractivity contribution in [3.8, 4) is 11.8 Å². The summed E-state index contributed by atoms with van der Waals surface area (Å²) >= 11 is 3.38. The Bertz CT molecular complexity index is 1340. The number of nitriles is 1. The van der Waals surface area contributed by atoms with E-state index in [1.165, 1.54) is 50.2 Å². The number of imide groups is 2.